The summed E-state index contributed by atoms with van der Waals surface area (Å²) in [6, 6.07) is 67.0. The summed E-state index contributed by atoms with van der Waals surface area (Å²) in [6.07, 6.45) is 0. The molecule has 0 aliphatic heterocycles. The van der Waals surface area contributed by atoms with Gasteiger partial charge in [0, 0.05) is 38.3 Å². The van der Waals surface area contributed by atoms with Crippen LogP contribution in [0.15, 0.2) is 182 Å². The molecule has 0 fully saturated rings. The zero-order valence-electron chi connectivity index (χ0n) is 29.7. The van der Waals surface area contributed by atoms with Gasteiger partial charge in [0.2, 0.25) is 0 Å². The van der Waals surface area contributed by atoms with Crippen molar-refractivity contribution in [2.45, 2.75) is 19.3 Å². The Balaban J connectivity index is 1.11. The summed E-state index contributed by atoms with van der Waals surface area (Å²) in [7, 11) is 0. The molecule has 2 heteroatoms. The Bertz CT molecular complexity index is 3060. The van der Waals surface area contributed by atoms with Gasteiger partial charge in [-0.1, -0.05) is 147 Å². The lowest BCUT2D eigenvalue weighted by Gasteiger charge is -2.22. The van der Waals surface area contributed by atoms with E-state index in [1.54, 1.807) is 0 Å². The normalized spacial score (nSPS) is 13.2. The van der Waals surface area contributed by atoms with Crippen molar-refractivity contribution in [3.05, 3.63) is 193 Å². The second kappa shape index (κ2) is 11.2. The molecule has 2 aromatic heterocycles. The van der Waals surface area contributed by atoms with Crippen molar-refractivity contribution in [2.75, 3.05) is 0 Å². The largest absolute Gasteiger partial charge is 0.309 e. The van der Waals surface area contributed by atoms with Gasteiger partial charge in [-0.2, -0.15) is 0 Å². The number of hydrogen-bond donors (Lipinski definition) is 0. The second-order valence-electron chi connectivity index (χ2n) is 15.0. The van der Waals surface area contributed by atoms with Gasteiger partial charge in [0.1, 0.15) is 0 Å². The van der Waals surface area contributed by atoms with Crippen molar-refractivity contribution < 1.29 is 0 Å². The zero-order valence-corrected chi connectivity index (χ0v) is 29.7. The Morgan fingerprint density at radius 3 is 1.53 bits per heavy atom. The smallest absolute Gasteiger partial charge is 0.0548 e. The minimum atomic E-state index is -0.0696. The lowest BCUT2D eigenvalue weighted by atomic mass is 9.82. The van der Waals surface area contributed by atoms with Gasteiger partial charge in [-0.15, -0.1) is 0 Å². The van der Waals surface area contributed by atoms with Crippen molar-refractivity contribution in [3.8, 4) is 44.8 Å². The van der Waals surface area contributed by atoms with Gasteiger partial charge in [0.05, 0.1) is 22.1 Å². The summed E-state index contributed by atoms with van der Waals surface area (Å²) in [5.41, 5.74) is 17.5. The zero-order chi connectivity index (χ0) is 35.3. The maximum Gasteiger partial charge on any atom is 0.0548 e. The summed E-state index contributed by atoms with van der Waals surface area (Å²) < 4.78 is 4.93. The van der Waals surface area contributed by atoms with E-state index >= 15 is 0 Å². The first-order valence-corrected chi connectivity index (χ1v) is 18.5. The molecule has 0 amide bonds. The number of hydrogen-bond acceptors (Lipinski definition) is 0. The highest BCUT2D eigenvalue weighted by Crippen LogP contribution is 2.50. The van der Waals surface area contributed by atoms with Gasteiger partial charge < -0.3 is 9.13 Å². The molecule has 2 heterocycles. The van der Waals surface area contributed by atoms with E-state index in [-0.39, 0.29) is 5.41 Å². The molecule has 0 saturated heterocycles. The average molecular weight is 677 g/mol. The number of nitrogens with zero attached hydrogens (tertiary/aromatic N) is 2. The summed E-state index contributed by atoms with van der Waals surface area (Å²) in [5, 5.41) is 5.12. The third-order valence-corrected chi connectivity index (χ3v) is 11.7. The summed E-state index contributed by atoms with van der Waals surface area (Å²) in [5.74, 6) is 0. The monoisotopic (exact) mass is 676 g/mol. The predicted octanol–water partition coefficient (Wildman–Crippen LogP) is 13.5. The summed E-state index contributed by atoms with van der Waals surface area (Å²) in [4.78, 5) is 0. The van der Waals surface area contributed by atoms with Crippen LogP contribution in [0.5, 0.6) is 0 Å². The summed E-state index contributed by atoms with van der Waals surface area (Å²) >= 11 is 0. The van der Waals surface area contributed by atoms with Crippen LogP contribution in [0.3, 0.4) is 0 Å². The van der Waals surface area contributed by atoms with E-state index in [2.05, 4.69) is 205 Å². The van der Waals surface area contributed by atoms with Crippen LogP contribution in [0.25, 0.3) is 88.4 Å². The first-order valence-electron chi connectivity index (χ1n) is 18.5. The lowest BCUT2D eigenvalue weighted by Crippen LogP contribution is -2.15. The van der Waals surface area contributed by atoms with E-state index in [4.69, 9.17) is 0 Å². The fraction of sp³-hybridized carbons (Fsp3) is 0.0588. The molecule has 53 heavy (non-hydrogen) atoms. The Morgan fingerprint density at radius 1 is 0.340 bits per heavy atom. The third-order valence-electron chi connectivity index (χ3n) is 11.7. The van der Waals surface area contributed by atoms with Crippen LogP contribution >= 0.6 is 0 Å². The molecular formula is C51H36N2. The van der Waals surface area contributed by atoms with Gasteiger partial charge in [0.15, 0.2) is 0 Å². The Morgan fingerprint density at radius 2 is 0.849 bits per heavy atom. The topological polar surface area (TPSA) is 9.86 Å². The molecule has 0 saturated carbocycles. The molecule has 11 rings (SSSR count). The molecule has 0 atom stereocenters. The Hall–Kier alpha value is -6.64. The molecular weight excluding hydrogens is 641 g/mol. The molecule has 10 aromatic rings. The van der Waals surface area contributed by atoms with Crippen molar-refractivity contribution in [1.29, 1.82) is 0 Å². The van der Waals surface area contributed by atoms with Crippen LogP contribution in [0.4, 0.5) is 0 Å². The quantitative estimate of drug-likeness (QED) is 0.176. The molecule has 0 radical (unpaired) electrons. The Labute approximate surface area is 308 Å². The van der Waals surface area contributed by atoms with Gasteiger partial charge in [0.25, 0.3) is 0 Å². The molecule has 0 N–H and O–H groups in total. The average Bonchev–Trinajstić information content (AvgIpc) is 3.81. The van der Waals surface area contributed by atoms with E-state index < -0.39 is 0 Å². The van der Waals surface area contributed by atoms with Crippen LogP contribution in [-0.2, 0) is 5.41 Å². The predicted molar refractivity (Wildman–Crippen MR) is 224 cm³/mol. The SMILES string of the molecule is CC1(C)c2ccccc2-c2ccc(-n3c4ccccc4c4c5c6ccccc6n(-c6cccc(-c7ccc(-c8ccccc8)cc7)c6)c5ccc43)cc21. The third kappa shape index (κ3) is 4.33. The van der Waals surface area contributed by atoms with Crippen LogP contribution in [0, 0.1) is 0 Å². The first kappa shape index (κ1) is 30.0. The van der Waals surface area contributed by atoms with E-state index in [0.717, 1.165) is 5.69 Å². The molecule has 1 aliphatic rings. The van der Waals surface area contributed by atoms with Crippen LogP contribution in [0.1, 0.15) is 25.0 Å². The van der Waals surface area contributed by atoms with Crippen LogP contribution in [-0.4, -0.2) is 9.13 Å². The van der Waals surface area contributed by atoms with Gasteiger partial charge in [-0.25, -0.2) is 0 Å². The molecule has 1 aliphatic carbocycles. The highest BCUT2D eigenvalue weighted by Gasteiger charge is 2.35. The highest BCUT2D eigenvalue weighted by atomic mass is 15.0. The maximum absolute atomic E-state index is 2.48. The standard InChI is InChI=1S/C51H36N2/c1-51(2)43-20-9-6-17-39(43)40-28-27-38(32-44(40)51)53-46-22-11-8-19-42(46)50-48(53)30-29-47-49(50)41-18-7-10-21-45(41)52(47)37-16-12-15-36(31-37)35-25-23-34(24-26-35)33-13-4-3-5-14-33/h3-32H,1-2H3. The Kier molecular flexibility index (Phi) is 6.33. The first-order chi connectivity index (χ1) is 26.1. The number of aromatic nitrogens is 2. The molecule has 0 bridgehead atoms. The van der Waals surface area contributed by atoms with Crippen molar-refractivity contribution in [1.82, 2.24) is 9.13 Å². The number of benzene rings is 8. The fourth-order valence-corrected chi connectivity index (χ4v) is 9.22. The van der Waals surface area contributed by atoms with Gasteiger partial charge >= 0.3 is 0 Å². The summed E-state index contributed by atoms with van der Waals surface area (Å²) in [6.45, 7) is 4.72. The van der Waals surface area contributed by atoms with E-state index in [9.17, 15) is 0 Å². The van der Waals surface area contributed by atoms with E-state index in [1.807, 2.05) is 0 Å². The van der Waals surface area contributed by atoms with Gasteiger partial charge in [-0.3, -0.25) is 0 Å². The second-order valence-corrected chi connectivity index (χ2v) is 15.0. The maximum atomic E-state index is 2.48. The minimum Gasteiger partial charge on any atom is -0.309 e. The molecule has 250 valence electrons. The van der Waals surface area contributed by atoms with Crippen molar-refractivity contribution in [2.24, 2.45) is 0 Å². The molecule has 2 nitrogen and oxygen atoms in total. The molecule has 8 aromatic carbocycles. The van der Waals surface area contributed by atoms with Crippen molar-refractivity contribution in [3.63, 3.8) is 0 Å². The molecule has 0 spiro atoms. The lowest BCUT2D eigenvalue weighted by molar-refractivity contribution is 0.660. The van der Waals surface area contributed by atoms with Gasteiger partial charge in [-0.05, 0) is 93.0 Å². The number of para-hydroxylation sites is 2. The fourth-order valence-electron chi connectivity index (χ4n) is 9.22. The van der Waals surface area contributed by atoms with Crippen LogP contribution < -0.4 is 0 Å². The van der Waals surface area contributed by atoms with E-state index in [0.29, 0.717) is 0 Å². The number of rotatable bonds is 4. The van der Waals surface area contributed by atoms with E-state index in [1.165, 1.54) is 93.8 Å². The van der Waals surface area contributed by atoms with Crippen LogP contribution in [0.2, 0.25) is 0 Å². The highest BCUT2D eigenvalue weighted by molar-refractivity contribution is 6.29. The minimum absolute atomic E-state index is 0.0696. The number of fused-ring (bicyclic) bond motifs is 10. The molecule has 0 unspecified atom stereocenters. The van der Waals surface area contributed by atoms with Crippen molar-refractivity contribution >= 4 is 43.6 Å².